The maximum atomic E-state index is 8.56. The Hall–Kier alpha value is -1.52. The Labute approximate surface area is 51.2 Å². The van der Waals surface area contributed by atoms with Crippen LogP contribution in [-0.2, 0) is 0 Å². The third-order valence-electron chi connectivity index (χ3n) is 0.852. The second kappa shape index (κ2) is 1.77. The Morgan fingerprint density at radius 1 is 1.89 bits per heavy atom. The van der Waals surface area contributed by atoms with Crippen LogP contribution < -0.4 is 5.73 Å². The van der Waals surface area contributed by atoms with E-state index in [0.717, 1.165) is 0 Å². The van der Waals surface area contributed by atoms with Gasteiger partial charge in [-0.1, -0.05) is 0 Å². The van der Waals surface area contributed by atoms with Crippen molar-refractivity contribution in [2.24, 2.45) is 5.73 Å². The molecule has 1 aromatic heterocycles. The van der Waals surface area contributed by atoms with Crippen LogP contribution in [0.25, 0.3) is 0 Å². The summed E-state index contributed by atoms with van der Waals surface area (Å²) < 4.78 is 0. The lowest BCUT2D eigenvalue weighted by atomic mass is 10.4. The minimum absolute atomic E-state index is 0.150. The molecule has 0 fully saturated rings. The van der Waals surface area contributed by atoms with Gasteiger partial charge in [0.15, 0.2) is 0 Å². The molecule has 0 unspecified atom stereocenters. The molecule has 9 heavy (non-hydrogen) atoms. The summed E-state index contributed by atoms with van der Waals surface area (Å²) in [5.41, 5.74) is 5.30. The van der Waals surface area contributed by atoms with Crippen molar-refractivity contribution in [1.82, 2.24) is 9.94 Å². The number of aromatic nitrogens is 2. The van der Waals surface area contributed by atoms with Crippen LogP contribution in [0.1, 0.15) is 5.69 Å². The predicted octanol–water partition coefficient (Wildman–Crippen LogP) is -0.596. The van der Waals surface area contributed by atoms with Gasteiger partial charge < -0.3 is 10.9 Å². The van der Waals surface area contributed by atoms with E-state index in [1.807, 2.05) is 0 Å². The van der Waals surface area contributed by atoms with Crippen molar-refractivity contribution < 1.29 is 5.21 Å². The molecule has 4 N–H and O–H groups in total. The summed E-state index contributed by atoms with van der Waals surface area (Å²) in [5, 5.41) is 18.8. The van der Waals surface area contributed by atoms with E-state index >= 15 is 0 Å². The SMILES string of the molecule is N=C(N)c1ccn(O)n1. The van der Waals surface area contributed by atoms with Crippen LogP contribution in [0.2, 0.25) is 0 Å². The van der Waals surface area contributed by atoms with Crippen LogP contribution in [0.5, 0.6) is 0 Å². The van der Waals surface area contributed by atoms with Crippen molar-refractivity contribution >= 4 is 5.84 Å². The highest BCUT2D eigenvalue weighted by Gasteiger charge is 1.97. The second-order valence-corrected chi connectivity index (χ2v) is 1.54. The molecule has 0 amide bonds. The molecule has 0 aromatic carbocycles. The molecule has 1 aromatic rings. The molecular formula is C4H6N4O. The van der Waals surface area contributed by atoms with Crippen LogP contribution in [0.15, 0.2) is 12.3 Å². The average molecular weight is 126 g/mol. The zero-order valence-electron chi connectivity index (χ0n) is 4.57. The molecule has 0 bridgehead atoms. The minimum Gasteiger partial charge on any atom is -0.412 e. The van der Waals surface area contributed by atoms with Gasteiger partial charge in [0.1, 0.15) is 11.5 Å². The average Bonchev–Trinajstić information content (AvgIpc) is 2.14. The van der Waals surface area contributed by atoms with E-state index in [4.69, 9.17) is 16.4 Å². The van der Waals surface area contributed by atoms with Gasteiger partial charge in [0.05, 0.1) is 6.20 Å². The maximum absolute atomic E-state index is 8.56. The topological polar surface area (TPSA) is 87.9 Å². The summed E-state index contributed by atoms with van der Waals surface area (Å²) in [5.74, 6) is -0.150. The van der Waals surface area contributed by atoms with Gasteiger partial charge in [-0.05, 0) is 6.07 Å². The zero-order chi connectivity index (χ0) is 6.85. The molecule has 5 heteroatoms. The van der Waals surface area contributed by atoms with Crippen molar-refractivity contribution in [2.45, 2.75) is 0 Å². The second-order valence-electron chi connectivity index (χ2n) is 1.54. The number of hydrogen-bond donors (Lipinski definition) is 3. The van der Waals surface area contributed by atoms with Gasteiger partial charge >= 0.3 is 0 Å². The number of nitrogens with two attached hydrogens (primary N) is 1. The summed E-state index contributed by atoms with van der Waals surface area (Å²) in [6, 6.07) is 1.45. The van der Waals surface area contributed by atoms with Crippen LogP contribution >= 0.6 is 0 Å². The maximum Gasteiger partial charge on any atom is 0.143 e. The van der Waals surface area contributed by atoms with Crippen molar-refractivity contribution in [1.29, 1.82) is 5.41 Å². The molecule has 0 spiro atoms. The Morgan fingerprint density at radius 3 is 2.78 bits per heavy atom. The van der Waals surface area contributed by atoms with Gasteiger partial charge in [-0.2, -0.15) is 0 Å². The van der Waals surface area contributed by atoms with Gasteiger partial charge in [-0.15, -0.1) is 9.94 Å². The standard InChI is InChI=1S/C4H6N4O/c5-4(6)3-1-2-8(9)7-3/h1-2,9H,(H3,5,6). The molecule has 0 atom stereocenters. The third-order valence-corrected chi connectivity index (χ3v) is 0.852. The molecule has 0 saturated heterocycles. The van der Waals surface area contributed by atoms with Crippen molar-refractivity contribution in [3.8, 4) is 0 Å². The molecule has 0 saturated carbocycles. The van der Waals surface area contributed by atoms with E-state index in [1.54, 1.807) is 0 Å². The zero-order valence-corrected chi connectivity index (χ0v) is 4.57. The largest absolute Gasteiger partial charge is 0.412 e. The van der Waals surface area contributed by atoms with Gasteiger partial charge in [-0.3, -0.25) is 5.41 Å². The molecule has 48 valence electrons. The summed E-state index contributed by atoms with van der Waals surface area (Å²) >= 11 is 0. The van der Waals surface area contributed by atoms with E-state index < -0.39 is 0 Å². The van der Waals surface area contributed by atoms with Gasteiger partial charge in [0, 0.05) is 0 Å². The molecule has 1 rings (SSSR count). The first-order valence-corrected chi connectivity index (χ1v) is 2.29. The predicted molar refractivity (Wildman–Crippen MR) is 30.4 cm³/mol. The summed E-state index contributed by atoms with van der Waals surface area (Å²) in [4.78, 5) is 0.608. The van der Waals surface area contributed by atoms with E-state index in [9.17, 15) is 0 Å². The van der Waals surface area contributed by atoms with E-state index in [0.29, 0.717) is 4.85 Å². The van der Waals surface area contributed by atoms with E-state index in [-0.39, 0.29) is 11.5 Å². The highest BCUT2D eigenvalue weighted by molar-refractivity contribution is 5.92. The Kier molecular flexibility index (Phi) is 1.11. The number of nitrogens with zero attached hydrogens (tertiary/aromatic N) is 2. The molecule has 0 aliphatic carbocycles. The fourth-order valence-corrected chi connectivity index (χ4v) is 0.458. The normalized spacial score (nSPS) is 9.33. The van der Waals surface area contributed by atoms with Gasteiger partial charge in [0.2, 0.25) is 0 Å². The molecular weight excluding hydrogens is 120 g/mol. The minimum atomic E-state index is -0.150. The van der Waals surface area contributed by atoms with E-state index in [1.165, 1.54) is 12.3 Å². The van der Waals surface area contributed by atoms with Gasteiger partial charge in [-0.25, -0.2) is 0 Å². The number of nitrogen functional groups attached to an aromatic ring is 1. The van der Waals surface area contributed by atoms with Crippen molar-refractivity contribution in [3.63, 3.8) is 0 Å². The number of rotatable bonds is 1. The first-order chi connectivity index (χ1) is 4.20. The quantitative estimate of drug-likeness (QED) is 0.267. The molecule has 0 aliphatic rings. The van der Waals surface area contributed by atoms with Crippen molar-refractivity contribution in [2.75, 3.05) is 0 Å². The molecule has 5 nitrogen and oxygen atoms in total. The van der Waals surface area contributed by atoms with Crippen LogP contribution in [-0.4, -0.2) is 21.0 Å². The highest BCUT2D eigenvalue weighted by atomic mass is 16.5. The fraction of sp³-hybridized carbons (Fsp3) is 0. The first-order valence-electron chi connectivity index (χ1n) is 2.29. The first kappa shape index (κ1) is 5.61. The molecule has 0 aliphatic heterocycles. The summed E-state index contributed by atoms with van der Waals surface area (Å²) in [6.07, 6.45) is 1.30. The lowest BCUT2D eigenvalue weighted by Crippen LogP contribution is -2.12. The Bertz CT molecular complexity index is 228. The van der Waals surface area contributed by atoms with Crippen molar-refractivity contribution in [3.05, 3.63) is 18.0 Å². The third kappa shape index (κ3) is 0.987. The number of hydrogen-bond acceptors (Lipinski definition) is 3. The Balaban J connectivity index is 2.98. The Morgan fingerprint density at radius 2 is 2.56 bits per heavy atom. The van der Waals surface area contributed by atoms with Crippen LogP contribution in [0.3, 0.4) is 0 Å². The molecule has 1 heterocycles. The number of amidine groups is 1. The highest BCUT2D eigenvalue weighted by Crippen LogP contribution is 1.89. The lowest BCUT2D eigenvalue weighted by molar-refractivity contribution is 0.148. The summed E-state index contributed by atoms with van der Waals surface area (Å²) in [7, 11) is 0. The fourth-order valence-electron chi connectivity index (χ4n) is 0.458. The van der Waals surface area contributed by atoms with Crippen LogP contribution in [0, 0.1) is 5.41 Å². The number of nitrogens with one attached hydrogen (secondary N) is 1. The monoisotopic (exact) mass is 126 g/mol. The lowest BCUT2D eigenvalue weighted by Gasteiger charge is -1.86. The summed E-state index contributed by atoms with van der Waals surface area (Å²) in [6.45, 7) is 0. The molecule has 0 radical (unpaired) electrons. The smallest absolute Gasteiger partial charge is 0.143 e. The van der Waals surface area contributed by atoms with Gasteiger partial charge in [0.25, 0.3) is 0 Å². The van der Waals surface area contributed by atoms with Crippen LogP contribution in [0.4, 0.5) is 0 Å². The van der Waals surface area contributed by atoms with E-state index in [2.05, 4.69) is 5.10 Å².